The lowest BCUT2D eigenvalue weighted by atomic mass is 9.60. The van der Waals surface area contributed by atoms with Gasteiger partial charge in [0.05, 0.1) is 12.2 Å². The van der Waals surface area contributed by atoms with Crippen molar-refractivity contribution in [2.75, 3.05) is 0 Å². The van der Waals surface area contributed by atoms with Gasteiger partial charge in [-0.25, -0.2) is 4.79 Å². The molecule has 9 atom stereocenters. The summed E-state index contributed by atoms with van der Waals surface area (Å²) in [5.74, 6) is 1.40. The molecule has 0 aromatic heterocycles. The fraction of sp³-hybridized carbons (Fsp3) is 0.690. The lowest BCUT2D eigenvalue weighted by Crippen LogP contribution is -2.37. The molecule has 1 saturated heterocycles. The lowest BCUT2D eigenvalue weighted by Gasteiger charge is -2.44. The van der Waals surface area contributed by atoms with E-state index in [1.165, 1.54) is 31.3 Å². The molecule has 0 aromatic carbocycles. The zero-order valence-corrected chi connectivity index (χ0v) is 20.8. The molecule has 4 fully saturated rings. The van der Waals surface area contributed by atoms with Gasteiger partial charge in [-0.2, -0.15) is 0 Å². The number of aliphatic hydroxyl groups excluding tert-OH is 2. The van der Waals surface area contributed by atoms with Crippen molar-refractivity contribution < 1.29 is 19.7 Å². The van der Waals surface area contributed by atoms with Crippen LogP contribution in [0.15, 0.2) is 47.6 Å². The van der Waals surface area contributed by atoms with Crippen LogP contribution in [0.1, 0.15) is 72.6 Å². The fourth-order valence-corrected chi connectivity index (χ4v) is 7.37. The van der Waals surface area contributed by atoms with Crippen molar-refractivity contribution in [2.24, 2.45) is 35.0 Å². The molecule has 3 saturated carbocycles. The first-order valence-electron chi connectivity index (χ1n) is 12.9. The average Bonchev–Trinajstić information content (AvgIpc) is 3.25. The summed E-state index contributed by atoms with van der Waals surface area (Å²) in [6, 6.07) is 0. The van der Waals surface area contributed by atoms with Crippen LogP contribution < -0.4 is 0 Å². The number of hydrogen-bond donors (Lipinski definition) is 2. The van der Waals surface area contributed by atoms with E-state index in [1.807, 2.05) is 6.92 Å². The van der Waals surface area contributed by atoms with E-state index in [2.05, 4.69) is 46.1 Å². The molecule has 0 amide bonds. The third-order valence-corrected chi connectivity index (χ3v) is 9.76. The zero-order valence-electron chi connectivity index (χ0n) is 20.8. The van der Waals surface area contributed by atoms with Gasteiger partial charge in [-0.05, 0) is 79.3 Å². The molecular formula is C29H42O4. The van der Waals surface area contributed by atoms with Crippen molar-refractivity contribution in [2.45, 2.75) is 91.0 Å². The number of aliphatic hydroxyl groups is 2. The Morgan fingerprint density at radius 1 is 1.18 bits per heavy atom. The molecule has 4 heteroatoms. The van der Waals surface area contributed by atoms with Gasteiger partial charge in [0.15, 0.2) is 0 Å². The fourth-order valence-electron chi connectivity index (χ4n) is 7.37. The Bertz CT molecular complexity index is 882. The number of carbonyl (C=O) groups excluding carboxylic acids is 1. The number of esters is 1. The minimum absolute atomic E-state index is 0.0384. The molecule has 4 nitrogen and oxygen atoms in total. The molecule has 0 radical (unpaired) electrons. The van der Waals surface area contributed by atoms with Crippen molar-refractivity contribution in [1.29, 1.82) is 0 Å². The van der Waals surface area contributed by atoms with Gasteiger partial charge in [-0.15, -0.1) is 0 Å². The Hall–Kier alpha value is -1.65. The molecule has 33 heavy (non-hydrogen) atoms. The van der Waals surface area contributed by atoms with Gasteiger partial charge in [-0.3, -0.25) is 0 Å². The van der Waals surface area contributed by atoms with Gasteiger partial charge >= 0.3 is 5.97 Å². The Morgan fingerprint density at radius 3 is 2.58 bits per heavy atom. The first kappa shape index (κ1) is 24.5. The Kier molecular flexibility index (Phi) is 6.81. The van der Waals surface area contributed by atoms with E-state index in [1.54, 1.807) is 0 Å². The van der Waals surface area contributed by atoms with Crippen molar-refractivity contribution in [1.82, 2.24) is 0 Å². The van der Waals surface area contributed by atoms with Crippen LogP contribution in [0.4, 0.5) is 0 Å². The number of carbonyl (C=O) groups is 1. The Labute approximate surface area is 199 Å². The summed E-state index contributed by atoms with van der Waals surface area (Å²) in [6.07, 6.45) is 10.6. The molecule has 1 unspecified atom stereocenters. The maximum absolute atomic E-state index is 11.9. The minimum Gasteiger partial charge on any atom is -0.458 e. The second kappa shape index (κ2) is 9.19. The van der Waals surface area contributed by atoms with Crippen LogP contribution in [0.2, 0.25) is 0 Å². The van der Waals surface area contributed by atoms with Gasteiger partial charge in [0, 0.05) is 17.4 Å². The van der Waals surface area contributed by atoms with E-state index < -0.39 is 12.2 Å². The first-order valence-corrected chi connectivity index (χ1v) is 12.9. The average molecular weight is 455 g/mol. The van der Waals surface area contributed by atoms with Crippen molar-refractivity contribution in [3.8, 4) is 0 Å². The molecule has 0 bridgehead atoms. The van der Waals surface area contributed by atoms with Gasteiger partial charge in [0.1, 0.15) is 6.10 Å². The summed E-state index contributed by atoms with van der Waals surface area (Å²) >= 11 is 0. The van der Waals surface area contributed by atoms with Gasteiger partial charge in [0.25, 0.3) is 0 Å². The summed E-state index contributed by atoms with van der Waals surface area (Å²) in [6.45, 7) is 16.8. The standard InChI is InChI=1S/C29H42O4/c1-16(14-26-17(2)18(3)28(32)33-26)23-11-12-24-21(8-7-13-29(23,24)6)9-10-22-15-25(30)20(5)27(31)19(22)4/h9-10,16-17,20,23-27,30-31H,3-4,7-8,11-15H2,1-2,5-6H3/b21-9+,22-10-/t16-,17+,20?,23-,24+,25-,26+,27-,29-/m1/s1. The Balaban J connectivity index is 1.49. The van der Waals surface area contributed by atoms with Gasteiger partial charge < -0.3 is 14.9 Å². The van der Waals surface area contributed by atoms with Crippen molar-refractivity contribution >= 4 is 5.97 Å². The third kappa shape index (κ3) is 4.30. The highest BCUT2D eigenvalue weighted by Gasteiger charge is 2.51. The number of cyclic esters (lactones) is 1. The van der Waals surface area contributed by atoms with Crippen molar-refractivity contribution in [3.63, 3.8) is 0 Å². The molecule has 3 aliphatic carbocycles. The molecule has 1 aliphatic heterocycles. The van der Waals surface area contributed by atoms with Crippen LogP contribution in [0, 0.1) is 35.0 Å². The molecule has 1 heterocycles. The predicted octanol–water partition coefficient (Wildman–Crippen LogP) is 5.52. The number of ether oxygens (including phenoxy) is 1. The summed E-state index contributed by atoms with van der Waals surface area (Å²) in [7, 11) is 0. The second-order valence-corrected chi connectivity index (χ2v) is 11.6. The highest BCUT2D eigenvalue weighted by Crippen LogP contribution is 2.60. The molecule has 4 aliphatic rings. The smallest absolute Gasteiger partial charge is 0.334 e. The summed E-state index contributed by atoms with van der Waals surface area (Å²) in [4.78, 5) is 11.9. The minimum atomic E-state index is -0.671. The van der Waals surface area contributed by atoms with E-state index in [0.717, 1.165) is 24.0 Å². The summed E-state index contributed by atoms with van der Waals surface area (Å²) in [5.41, 5.74) is 4.13. The van der Waals surface area contributed by atoms with Crippen molar-refractivity contribution in [3.05, 3.63) is 47.6 Å². The first-order chi connectivity index (χ1) is 15.5. The maximum Gasteiger partial charge on any atom is 0.334 e. The lowest BCUT2D eigenvalue weighted by molar-refractivity contribution is -0.140. The Morgan fingerprint density at radius 2 is 1.91 bits per heavy atom. The second-order valence-electron chi connectivity index (χ2n) is 11.6. The van der Waals surface area contributed by atoms with Gasteiger partial charge in [0.2, 0.25) is 0 Å². The number of hydrogen-bond acceptors (Lipinski definition) is 4. The molecular weight excluding hydrogens is 412 g/mol. The van der Waals surface area contributed by atoms with E-state index in [9.17, 15) is 15.0 Å². The third-order valence-electron chi connectivity index (χ3n) is 9.76. The summed E-state index contributed by atoms with van der Waals surface area (Å²) < 4.78 is 5.64. The molecule has 0 spiro atoms. The highest BCUT2D eigenvalue weighted by molar-refractivity contribution is 5.90. The predicted molar refractivity (Wildman–Crippen MR) is 131 cm³/mol. The monoisotopic (exact) mass is 454 g/mol. The summed E-state index contributed by atoms with van der Waals surface area (Å²) in [5, 5.41) is 20.8. The van der Waals surface area contributed by atoms with Crippen LogP contribution in [-0.4, -0.2) is 34.5 Å². The van der Waals surface area contributed by atoms with Crippen LogP contribution in [-0.2, 0) is 9.53 Å². The number of allylic oxidation sites excluding steroid dienone is 3. The van der Waals surface area contributed by atoms with E-state index in [-0.39, 0.29) is 29.3 Å². The quantitative estimate of drug-likeness (QED) is 0.434. The maximum atomic E-state index is 11.9. The van der Waals surface area contributed by atoms with Crippen LogP contribution in [0.25, 0.3) is 0 Å². The van der Waals surface area contributed by atoms with E-state index >= 15 is 0 Å². The normalized spacial score (nSPS) is 44.9. The van der Waals surface area contributed by atoms with E-state index in [0.29, 0.717) is 29.7 Å². The van der Waals surface area contributed by atoms with Crippen LogP contribution in [0.5, 0.6) is 0 Å². The largest absolute Gasteiger partial charge is 0.458 e. The molecule has 4 rings (SSSR count). The van der Waals surface area contributed by atoms with E-state index in [4.69, 9.17) is 4.74 Å². The van der Waals surface area contributed by atoms with Gasteiger partial charge in [-0.1, -0.05) is 58.6 Å². The molecule has 182 valence electrons. The topological polar surface area (TPSA) is 66.8 Å². The molecule has 0 aromatic rings. The highest BCUT2D eigenvalue weighted by atomic mass is 16.6. The SMILES string of the molecule is C=C1/C(=C\C=C2/CCC[C@]3(C)[C@@H]([C@H](C)C[C@@H]4OC(=O)C(=C)[C@@H]4C)CC[C@@H]23)C[C@@H](O)C(C)[C@@H]1O. The number of fused-ring (bicyclic) bond motifs is 1. The van der Waals surface area contributed by atoms with Crippen LogP contribution in [0.3, 0.4) is 0 Å². The number of rotatable bonds is 4. The molecule has 2 N–H and O–H groups in total. The zero-order chi connectivity index (χ0) is 24.1. The van der Waals surface area contributed by atoms with Crippen LogP contribution >= 0.6 is 0 Å².